The van der Waals surface area contributed by atoms with Gasteiger partial charge in [0, 0.05) is 16.5 Å². The SMILES string of the molecule is [2H]C1([2H])OC([2H])(C(=O)OC)C([2H])([2H])C1([2H])B1OC(C)(C)C(C)(C)O1. The Hall–Kier alpha value is -0.585. The van der Waals surface area contributed by atoms with E-state index in [1.807, 2.05) is 0 Å². The van der Waals surface area contributed by atoms with E-state index in [4.69, 9.17) is 22.3 Å². The maximum Gasteiger partial charge on any atom is 0.463 e. The smallest absolute Gasteiger partial charge is 0.463 e. The standard InChI is InChI=1S/C12H21BO5/c1-11(2)12(3,4)18-13(17-11)8-6-9(16-7-8)10(14)15-5/h8-9H,6-7H2,1-5H3/i6D2,7D2,8D,9D. The van der Waals surface area contributed by atoms with Gasteiger partial charge in [0.1, 0.15) is 0 Å². The topological polar surface area (TPSA) is 54.0 Å². The number of carbonyl (C=O) groups excluding carboxylic acids is 1. The van der Waals surface area contributed by atoms with Gasteiger partial charge in [0.15, 0.2) is 6.08 Å². The van der Waals surface area contributed by atoms with E-state index in [2.05, 4.69) is 4.74 Å². The molecule has 102 valence electrons. The lowest BCUT2D eigenvalue weighted by Crippen LogP contribution is -2.41. The van der Waals surface area contributed by atoms with E-state index in [-0.39, 0.29) is 0 Å². The van der Waals surface area contributed by atoms with E-state index in [0.717, 1.165) is 7.11 Å². The second kappa shape index (κ2) is 4.51. The Bertz CT molecular complexity index is 554. The van der Waals surface area contributed by atoms with Crippen molar-refractivity contribution >= 4 is 13.1 Å². The molecule has 0 aromatic heterocycles. The van der Waals surface area contributed by atoms with Crippen molar-refractivity contribution in [1.29, 1.82) is 0 Å². The summed E-state index contributed by atoms with van der Waals surface area (Å²) in [6.07, 6.45) is -6.20. The Morgan fingerprint density at radius 1 is 1.39 bits per heavy atom. The third-order valence-electron chi connectivity index (χ3n) is 3.37. The Balaban J connectivity index is 2.58. The highest BCUT2D eigenvalue weighted by Crippen LogP contribution is 2.42. The molecular weight excluding hydrogens is 235 g/mol. The van der Waals surface area contributed by atoms with Crippen LogP contribution in [0.15, 0.2) is 0 Å². The highest BCUT2D eigenvalue weighted by molar-refractivity contribution is 6.47. The van der Waals surface area contributed by atoms with Gasteiger partial charge in [0.25, 0.3) is 0 Å². The van der Waals surface area contributed by atoms with Crippen LogP contribution in [-0.2, 0) is 23.6 Å². The van der Waals surface area contributed by atoms with Crippen molar-refractivity contribution in [3.63, 3.8) is 0 Å². The first kappa shape index (κ1) is 7.87. The third kappa shape index (κ3) is 2.29. The van der Waals surface area contributed by atoms with Crippen LogP contribution in [0.3, 0.4) is 0 Å². The summed E-state index contributed by atoms with van der Waals surface area (Å²) in [6.45, 7) is 3.59. The molecule has 6 heteroatoms. The molecule has 18 heavy (non-hydrogen) atoms. The van der Waals surface area contributed by atoms with Crippen molar-refractivity contribution in [2.24, 2.45) is 0 Å². The zero-order valence-electron chi connectivity index (χ0n) is 17.1. The van der Waals surface area contributed by atoms with Crippen LogP contribution in [0.2, 0.25) is 5.79 Å². The van der Waals surface area contributed by atoms with Crippen molar-refractivity contribution in [3.05, 3.63) is 0 Å². The normalized spacial score (nSPS) is 52.4. The molecule has 0 spiro atoms. The van der Waals surface area contributed by atoms with Gasteiger partial charge in [-0.1, -0.05) is 0 Å². The first-order chi connectivity index (χ1) is 10.5. The molecule has 0 radical (unpaired) electrons. The molecule has 2 atom stereocenters. The van der Waals surface area contributed by atoms with Crippen LogP contribution in [0.1, 0.15) is 42.3 Å². The van der Waals surface area contributed by atoms with Crippen LogP contribution in [0, 0.1) is 0 Å². The van der Waals surface area contributed by atoms with Crippen molar-refractivity contribution < 1.29 is 31.8 Å². The lowest BCUT2D eigenvalue weighted by atomic mass is 9.70. The first-order valence-corrected chi connectivity index (χ1v) is 5.64. The van der Waals surface area contributed by atoms with Gasteiger partial charge in [0.2, 0.25) is 0 Å². The maximum atomic E-state index is 11.9. The lowest BCUT2D eigenvalue weighted by Gasteiger charge is -2.32. The van der Waals surface area contributed by atoms with E-state index in [1.54, 1.807) is 27.7 Å². The van der Waals surface area contributed by atoms with Crippen LogP contribution in [0.5, 0.6) is 0 Å². The van der Waals surface area contributed by atoms with Crippen LogP contribution in [0.4, 0.5) is 0 Å². The highest BCUT2D eigenvalue weighted by Gasteiger charge is 2.55. The van der Waals surface area contributed by atoms with Crippen molar-refractivity contribution in [1.82, 2.24) is 0 Å². The zero-order chi connectivity index (χ0) is 19.0. The second-order valence-electron chi connectivity index (χ2n) is 5.15. The van der Waals surface area contributed by atoms with Gasteiger partial charge in [-0.15, -0.1) is 0 Å². The minimum absolute atomic E-state index is 0.923. The van der Waals surface area contributed by atoms with Gasteiger partial charge in [-0.25, -0.2) is 4.79 Å². The average molecular weight is 262 g/mol. The molecule has 2 aliphatic heterocycles. The minimum atomic E-state index is -3.13. The Morgan fingerprint density at radius 2 is 1.94 bits per heavy atom. The molecule has 2 aliphatic rings. The third-order valence-corrected chi connectivity index (χ3v) is 3.37. The Labute approximate surface area is 117 Å². The van der Waals surface area contributed by atoms with E-state index >= 15 is 0 Å². The van der Waals surface area contributed by atoms with Crippen LogP contribution in [-0.4, -0.2) is 44.0 Å². The summed E-state index contributed by atoms with van der Waals surface area (Å²) in [4.78, 5) is 11.9. The largest absolute Gasteiger partial charge is 0.467 e. The Morgan fingerprint density at radius 3 is 2.44 bits per heavy atom. The summed E-state index contributed by atoms with van der Waals surface area (Å²) >= 11 is 0. The summed E-state index contributed by atoms with van der Waals surface area (Å²) in [7, 11) is -0.781. The quantitative estimate of drug-likeness (QED) is 0.556. The van der Waals surface area contributed by atoms with Crippen molar-refractivity contribution in [3.8, 4) is 0 Å². The van der Waals surface area contributed by atoms with Gasteiger partial charge < -0.3 is 18.8 Å². The molecule has 5 nitrogen and oxygen atoms in total. The molecule has 2 saturated heterocycles. The van der Waals surface area contributed by atoms with E-state index < -0.39 is 49.1 Å². The van der Waals surface area contributed by atoms with Crippen molar-refractivity contribution in [2.75, 3.05) is 13.7 Å². The number of esters is 1. The fraction of sp³-hybridized carbons (Fsp3) is 0.917. The number of carbonyl (C=O) groups is 1. The molecular formula is C12H21BO5. The van der Waals surface area contributed by atoms with Gasteiger partial charge >= 0.3 is 13.1 Å². The first-order valence-electron chi connectivity index (χ1n) is 8.64. The summed E-state index contributed by atoms with van der Waals surface area (Å²) in [5, 5.41) is 0. The predicted octanol–water partition coefficient (Wildman–Crippen LogP) is 1.41. The fourth-order valence-electron chi connectivity index (χ4n) is 1.53. The minimum Gasteiger partial charge on any atom is -0.467 e. The van der Waals surface area contributed by atoms with E-state index in [0.29, 0.717) is 0 Å². The summed E-state index contributed by atoms with van der Waals surface area (Å²) in [6, 6.07) is 0. The maximum absolute atomic E-state index is 11.9. The average Bonchev–Trinajstić information content (AvgIpc) is 2.69. The lowest BCUT2D eigenvalue weighted by molar-refractivity contribution is -0.151. The number of rotatable bonds is 2. The number of hydrogen-bond donors (Lipinski definition) is 0. The molecule has 0 aromatic carbocycles. The predicted molar refractivity (Wildman–Crippen MR) is 66.2 cm³/mol. The van der Waals surface area contributed by atoms with Crippen molar-refractivity contribution in [2.45, 2.75) is 57.1 Å². The molecule has 0 bridgehead atoms. The molecule has 2 fully saturated rings. The number of hydrogen-bond acceptors (Lipinski definition) is 5. The van der Waals surface area contributed by atoms with Crippen LogP contribution in [0.25, 0.3) is 0 Å². The summed E-state index contributed by atoms with van der Waals surface area (Å²) < 4.78 is 69.2. The zero-order valence-corrected chi connectivity index (χ0v) is 11.1. The molecule has 2 unspecified atom stereocenters. The molecule has 0 aliphatic carbocycles. The van der Waals surface area contributed by atoms with Gasteiger partial charge in [0.05, 0.1) is 22.4 Å². The molecule has 0 amide bonds. The van der Waals surface area contributed by atoms with E-state index in [1.165, 1.54) is 0 Å². The molecule has 0 saturated carbocycles. The van der Waals surface area contributed by atoms with E-state index in [9.17, 15) is 4.79 Å². The monoisotopic (exact) mass is 262 g/mol. The van der Waals surface area contributed by atoms with Gasteiger partial charge in [-0.2, -0.15) is 0 Å². The second-order valence-corrected chi connectivity index (χ2v) is 5.15. The van der Waals surface area contributed by atoms with Crippen LogP contribution >= 0.6 is 0 Å². The summed E-state index contributed by atoms with van der Waals surface area (Å²) in [5.41, 5.74) is -1.92. The van der Waals surface area contributed by atoms with Gasteiger partial charge in [-0.3, -0.25) is 0 Å². The number of ether oxygens (including phenoxy) is 2. The fourth-order valence-corrected chi connectivity index (χ4v) is 1.53. The molecule has 0 aromatic rings. The van der Waals surface area contributed by atoms with Gasteiger partial charge in [-0.05, 0) is 34.1 Å². The Kier molecular flexibility index (Phi) is 1.97. The molecule has 2 heterocycles. The molecule has 0 N–H and O–H groups in total. The van der Waals surface area contributed by atoms with Crippen LogP contribution < -0.4 is 0 Å². The summed E-state index contributed by atoms with van der Waals surface area (Å²) in [5.74, 6) is -4.29. The highest BCUT2D eigenvalue weighted by atomic mass is 16.7. The number of methoxy groups -OCH3 is 1. The molecule has 2 rings (SSSR count).